The van der Waals surface area contributed by atoms with Gasteiger partial charge in [0, 0.05) is 43.3 Å². The number of aliphatic hydroxyl groups excluding tert-OH is 1. The van der Waals surface area contributed by atoms with Crippen molar-refractivity contribution in [1.82, 2.24) is 14.5 Å². The van der Waals surface area contributed by atoms with E-state index in [1.165, 1.54) is 5.69 Å². The summed E-state index contributed by atoms with van der Waals surface area (Å²) in [6.45, 7) is 10.9. The fourth-order valence-corrected chi connectivity index (χ4v) is 4.85. The number of aliphatic hydroxyl groups is 1. The number of pyridine rings is 1. The molecular formula is C26H32N4O3. The summed E-state index contributed by atoms with van der Waals surface area (Å²) in [5.41, 5.74) is 5.49. The highest BCUT2D eigenvalue weighted by Crippen LogP contribution is 2.32. The Hall–Kier alpha value is -3.19. The van der Waals surface area contributed by atoms with E-state index in [4.69, 9.17) is 4.74 Å². The van der Waals surface area contributed by atoms with E-state index >= 15 is 0 Å². The Morgan fingerprint density at radius 2 is 2.00 bits per heavy atom. The third-order valence-electron chi connectivity index (χ3n) is 6.46. The van der Waals surface area contributed by atoms with Crippen molar-refractivity contribution < 1.29 is 14.6 Å². The first-order valence-electron chi connectivity index (χ1n) is 11.6. The van der Waals surface area contributed by atoms with Crippen LogP contribution >= 0.6 is 0 Å². The van der Waals surface area contributed by atoms with Crippen LogP contribution in [0, 0.1) is 13.8 Å². The molecule has 2 aliphatic heterocycles. The number of rotatable bonds is 6. The molecule has 4 rings (SSSR count). The normalized spacial score (nSPS) is 18.8. The minimum Gasteiger partial charge on any atom is -0.505 e. The van der Waals surface area contributed by atoms with Crippen LogP contribution in [0.1, 0.15) is 55.4 Å². The monoisotopic (exact) mass is 448 g/mol. The number of aliphatic imine (C=N–C) groups is 1. The Kier molecular flexibility index (Phi) is 6.79. The largest absolute Gasteiger partial charge is 0.505 e. The molecule has 0 spiro atoms. The van der Waals surface area contributed by atoms with Gasteiger partial charge in [-0.3, -0.25) is 9.88 Å². The zero-order valence-corrected chi connectivity index (χ0v) is 19.8. The third-order valence-corrected chi connectivity index (χ3v) is 6.46. The number of aromatic nitrogens is 2. The molecule has 0 aliphatic carbocycles. The van der Waals surface area contributed by atoms with Crippen molar-refractivity contribution in [3.63, 3.8) is 0 Å². The summed E-state index contributed by atoms with van der Waals surface area (Å²) < 4.78 is 7.47. The van der Waals surface area contributed by atoms with Gasteiger partial charge in [-0.2, -0.15) is 0 Å². The SMILES string of the molecule is CCOC(=O)C1=C(O)/C(=C\c2cc(C)n(C3CCN(Cc4ccccn4)CC3)c2C)N=C1C. The average molecular weight is 449 g/mol. The van der Waals surface area contributed by atoms with Gasteiger partial charge in [-0.05, 0) is 70.4 Å². The van der Waals surface area contributed by atoms with Crippen molar-refractivity contribution in [2.45, 2.75) is 53.1 Å². The summed E-state index contributed by atoms with van der Waals surface area (Å²) >= 11 is 0. The molecule has 0 atom stereocenters. The van der Waals surface area contributed by atoms with Crippen molar-refractivity contribution in [1.29, 1.82) is 0 Å². The summed E-state index contributed by atoms with van der Waals surface area (Å²) in [4.78, 5) is 23.5. The molecule has 0 unspecified atom stereocenters. The van der Waals surface area contributed by atoms with E-state index in [1.54, 1.807) is 13.8 Å². The molecule has 1 saturated heterocycles. The number of nitrogens with zero attached hydrogens (tertiary/aromatic N) is 4. The van der Waals surface area contributed by atoms with E-state index in [9.17, 15) is 9.90 Å². The zero-order valence-electron chi connectivity index (χ0n) is 19.8. The Balaban J connectivity index is 1.50. The number of piperidine rings is 1. The molecule has 0 bridgehead atoms. The topological polar surface area (TPSA) is 80.0 Å². The molecule has 7 heteroatoms. The quantitative estimate of drug-likeness (QED) is 0.657. The van der Waals surface area contributed by atoms with Crippen LogP contribution in [0.4, 0.5) is 0 Å². The van der Waals surface area contributed by atoms with Crippen molar-refractivity contribution in [3.8, 4) is 0 Å². The van der Waals surface area contributed by atoms with Crippen LogP contribution < -0.4 is 0 Å². The highest BCUT2D eigenvalue weighted by molar-refractivity contribution is 6.22. The lowest BCUT2D eigenvalue weighted by Crippen LogP contribution is -2.34. The first-order chi connectivity index (χ1) is 15.9. The third kappa shape index (κ3) is 4.78. The molecule has 1 fully saturated rings. The number of ether oxygens (including phenoxy) is 1. The summed E-state index contributed by atoms with van der Waals surface area (Å²) in [5.74, 6) is -0.652. The van der Waals surface area contributed by atoms with Gasteiger partial charge in [0.1, 0.15) is 11.3 Å². The molecule has 2 aromatic heterocycles. The Bertz CT molecular complexity index is 1120. The molecule has 0 amide bonds. The summed E-state index contributed by atoms with van der Waals surface area (Å²) in [6.07, 6.45) is 5.87. The second kappa shape index (κ2) is 9.75. The second-order valence-corrected chi connectivity index (χ2v) is 8.70. The second-order valence-electron chi connectivity index (χ2n) is 8.70. The van der Waals surface area contributed by atoms with Crippen molar-refractivity contribution >= 4 is 17.8 Å². The van der Waals surface area contributed by atoms with Crippen LogP contribution in [0.15, 0.2) is 52.5 Å². The van der Waals surface area contributed by atoms with Gasteiger partial charge in [0.05, 0.1) is 18.0 Å². The van der Waals surface area contributed by atoms with Crippen LogP contribution in [0.5, 0.6) is 0 Å². The van der Waals surface area contributed by atoms with Crippen molar-refractivity contribution in [3.05, 3.63) is 70.1 Å². The molecule has 7 nitrogen and oxygen atoms in total. The lowest BCUT2D eigenvalue weighted by molar-refractivity contribution is -0.138. The van der Waals surface area contributed by atoms with Gasteiger partial charge in [-0.1, -0.05) is 6.07 Å². The molecular weight excluding hydrogens is 416 g/mol. The molecule has 174 valence electrons. The first kappa shape index (κ1) is 23.0. The summed E-state index contributed by atoms with van der Waals surface area (Å²) in [6, 6.07) is 8.63. The maximum Gasteiger partial charge on any atom is 0.343 e. The summed E-state index contributed by atoms with van der Waals surface area (Å²) in [7, 11) is 0. The minimum atomic E-state index is -0.539. The fraction of sp³-hybridized carbons (Fsp3) is 0.423. The molecule has 33 heavy (non-hydrogen) atoms. The number of esters is 1. The van der Waals surface area contributed by atoms with Crippen LogP contribution in [0.25, 0.3) is 6.08 Å². The van der Waals surface area contributed by atoms with Gasteiger partial charge in [0.25, 0.3) is 0 Å². The predicted octanol–water partition coefficient (Wildman–Crippen LogP) is 4.53. The number of aryl methyl sites for hydroxylation is 1. The van der Waals surface area contributed by atoms with Gasteiger partial charge < -0.3 is 14.4 Å². The molecule has 4 heterocycles. The van der Waals surface area contributed by atoms with Crippen molar-refractivity contribution in [2.75, 3.05) is 19.7 Å². The maximum absolute atomic E-state index is 12.2. The van der Waals surface area contributed by atoms with Crippen molar-refractivity contribution in [2.24, 2.45) is 4.99 Å². The van der Waals surface area contributed by atoms with Gasteiger partial charge >= 0.3 is 5.97 Å². The molecule has 0 aromatic carbocycles. The Morgan fingerprint density at radius 1 is 1.24 bits per heavy atom. The molecule has 0 radical (unpaired) electrons. The van der Waals surface area contributed by atoms with E-state index < -0.39 is 5.97 Å². The number of hydrogen-bond acceptors (Lipinski definition) is 6. The fourth-order valence-electron chi connectivity index (χ4n) is 4.85. The smallest absolute Gasteiger partial charge is 0.343 e. The van der Waals surface area contributed by atoms with Gasteiger partial charge in [0.2, 0.25) is 0 Å². The lowest BCUT2D eigenvalue weighted by Gasteiger charge is -2.34. The Morgan fingerprint density at radius 3 is 2.67 bits per heavy atom. The molecule has 1 N–H and O–H groups in total. The van der Waals surface area contributed by atoms with E-state index in [-0.39, 0.29) is 17.9 Å². The Labute approximate surface area is 195 Å². The van der Waals surface area contributed by atoms with E-state index in [1.807, 2.05) is 24.4 Å². The van der Waals surface area contributed by atoms with E-state index in [0.29, 0.717) is 17.5 Å². The van der Waals surface area contributed by atoms with E-state index in [2.05, 4.69) is 45.4 Å². The van der Waals surface area contributed by atoms with Crippen LogP contribution in [0.2, 0.25) is 0 Å². The standard InChI is InChI=1S/C26H32N4O3/c1-5-33-26(32)24-18(3)28-23(25(24)31)15-20-14-17(2)30(19(20)4)22-9-12-29(13-10-22)16-21-8-6-7-11-27-21/h6-8,11,14-15,22,31H,5,9-10,12-13,16H2,1-4H3/b23-15+. The van der Waals surface area contributed by atoms with E-state index in [0.717, 1.165) is 49.4 Å². The van der Waals surface area contributed by atoms with Gasteiger partial charge in [-0.25, -0.2) is 9.79 Å². The lowest BCUT2D eigenvalue weighted by atomic mass is 10.0. The maximum atomic E-state index is 12.2. The number of hydrogen-bond donors (Lipinski definition) is 1. The predicted molar refractivity (Wildman–Crippen MR) is 129 cm³/mol. The van der Waals surface area contributed by atoms with Gasteiger partial charge in [0.15, 0.2) is 5.76 Å². The summed E-state index contributed by atoms with van der Waals surface area (Å²) in [5, 5.41) is 10.6. The van der Waals surface area contributed by atoms with Crippen LogP contribution in [0.3, 0.4) is 0 Å². The zero-order chi connectivity index (χ0) is 23.5. The first-order valence-corrected chi connectivity index (χ1v) is 11.6. The number of carbonyl (C=O) groups is 1. The average Bonchev–Trinajstić information content (AvgIpc) is 3.23. The highest BCUT2D eigenvalue weighted by atomic mass is 16.5. The molecule has 2 aliphatic rings. The van der Waals surface area contributed by atoms with Crippen LogP contribution in [-0.2, 0) is 16.1 Å². The number of likely N-dealkylation sites (tertiary alicyclic amines) is 1. The number of carbonyl (C=O) groups excluding carboxylic acids is 1. The highest BCUT2D eigenvalue weighted by Gasteiger charge is 2.28. The van der Waals surface area contributed by atoms with Gasteiger partial charge in [-0.15, -0.1) is 0 Å². The van der Waals surface area contributed by atoms with Crippen LogP contribution in [-0.4, -0.2) is 50.9 Å². The molecule has 0 saturated carbocycles. The molecule has 2 aromatic rings. The minimum absolute atomic E-state index is 0.112.